The summed E-state index contributed by atoms with van der Waals surface area (Å²) in [6, 6.07) is 22.0. The van der Waals surface area contributed by atoms with Crippen LogP contribution in [0.2, 0.25) is 5.02 Å². The Morgan fingerprint density at radius 1 is 0.900 bits per heavy atom. The molecule has 4 nitrogen and oxygen atoms in total. The third-order valence-corrected chi connectivity index (χ3v) is 5.02. The molecule has 3 aromatic rings. The molecule has 154 valence electrons. The highest BCUT2D eigenvalue weighted by atomic mass is 35.5. The Morgan fingerprint density at radius 3 is 2.30 bits per heavy atom. The lowest BCUT2D eigenvalue weighted by Gasteiger charge is -2.19. The largest absolute Gasteiger partial charge is 0.356 e. The molecule has 0 aliphatic heterocycles. The van der Waals surface area contributed by atoms with Gasteiger partial charge in [0.2, 0.25) is 5.91 Å². The number of hydrogen-bond acceptors (Lipinski definition) is 2. The molecule has 2 amide bonds. The first-order valence-electron chi connectivity index (χ1n) is 9.65. The number of nitrogens with one attached hydrogen (secondary N) is 2. The summed E-state index contributed by atoms with van der Waals surface area (Å²) in [7, 11) is 0. The highest BCUT2D eigenvalue weighted by molar-refractivity contribution is 6.33. The summed E-state index contributed by atoms with van der Waals surface area (Å²) in [5, 5.41) is 6.04. The number of carbonyl (C=O) groups excluding carboxylic acids is 2. The number of benzene rings is 3. The standard InChI is InChI=1S/C24H22ClFN2O2/c25-20-12-6-5-11-19(20)24(30)28-22(18-9-2-1-3-10-18)16-23(29)27-15-14-17-8-4-7-13-21(17)26/h1-13,22H,14-16H2,(H,27,29)(H,28,30). The predicted octanol–water partition coefficient (Wildman–Crippen LogP) is 4.70. The topological polar surface area (TPSA) is 58.2 Å². The zero-order valence-electron chi connectivity index (χ0n) is 16.3. The molecule has 3 rings (SSSR count). The fourth-order valence-corrected chi connectivity index (χ4v) is 3.34. The SMILES string of the molecule is O=C(CC(NC(=O)c1ccccc1Cl)c1ccccc1)NCCc1ccccc1F. The molecule has 2 N–H and O–H groups in total. The van der Waals surface area contributed by atoms with Crippen molar-refractivity contribution in [1.29, 1.82) is 0 Å². The van der Waals surface area contributed by atoms with Gasteiger partial charge in [-0.25, -0.2) is 4.39 Å². The van der Waals surface area contributed by atoms with Gasteiger partial charge in [-0.3, -0.25) is 9.59 Å². The van der Waals surface area contributed by atoms with Gasteiger partial charge >= 0.3 is 0 Å². The monoisotopic (exact) mass is 424 g/mol. The van der Waals surface area contributed by atoms with Crippen molar-refractivity contribution in [1.82, 2.24) is 10.6 Å². The molecule has 0 saturated heterocycles. The van der Waals surface area contributed by atoms with Gasteiger partial charge in [0.15, 0.2) is 0 Å². The molecule has 0 aromatic heterocycles. The molecule has 0 radical (unpaired) electrons. The summed E-state index contributed by atoms with van der Waals surface area (Å²) < 4.78 is 13.7. The number of hydrogen-bond donors (Lipinski definition) is 2. The van der Waals surface area contributed by atoms with Crippen molar-refractivity contribution in [2.45, 2.75) is 18.9 Å². The van der Waals surface area contributed by atoms with E-state index >= 15 is 0 Å². The maximum atomic E-state index is 13.7. The van der Waals surface area contributed by atoms with Gasteiger partial charge in [-0.2, -0.15) is 0 Å². The third kappa shape index (κ3) is 5.91. The van der Waals surface area contributed by atoms with Gasteiger partial charge in [0.25, 0.3) is 5.91 Å². The van der Waals surface area contributed by atoms with Crippen molar-refractivity contribution < 1.29 is 14.0 Å². The highest BCUT2D eigenvalue weighted by Crippen LogP contribution is 2.20. The first kappa shape index (κ1) is 21.5. The molecule has 0 fully saturated rings. The first-order chi connectivity index (χ1) is 14.5. The van der Waals surface area contributed by atoms with Gasteiger partial charge in [0.05, 0.1) is 23.0 Å². The van der Waals surface area contributed by atoms with Gasteiger partial charge in [-0.1, -0.05) is 72.3 Å². The molecule has 0 heterocycles. The van der Waals surface area contributed by atoms with Crippen LogP contribution in [0.1, 0.15) is 33.9 Å². The van der Waals surface area contributed by atoms with Crippen LogP contribution in [0.15, 0.2) is 78.9 Å². The predicted molar refractivity (Wildman–Crippen MR) is 116 cm³/mol. The summed E-state index contributed by atoms with van der Waals surface area (Å²) in [6.45, 7) is 0.305. The third-order valence-electron chi connectivity index (χ3n) is 4.69. The maximum absolute atomic E-state index is 13.7. The molecule has 0 aliphatic rings. The number of rotatable bonds is 8. The average Bonchev–Trinajstić information content (AvgIpc) is 2.75. The Balaban J connectivity index is 1.64. The van der Waals surface area contributed by atoms with Crippen LogP contribution in [-0.2, 0) is 11.2 Å². The van der Waals surface area contributed by atoms with E-state index in [9.17, 15) is 14.0 Å². The molecule has 30 heavy (non-hydrogen) atoms. The van der Waals surface area contributed by atoms with E-state index in [0.717, 1.165) is 5.56 Å². The quantitative estimate of drug-likeness (QED) is 0.550. The zero-order chi connectivity index (χ0) is 21.3. The minimum Gasteiger partial charge on any atom is -0.356 e. The van der Waals surface area contributed by atoms with Gasteiger partial charge in [-0.05, 0) is 35.7 Å². The van der Waals surface area contributed by atoms with Crippen molar-refractivity contribution in [3.63, 3.8) is 0 Å². The summed E-state index contributed by atoms with van der Waals surface area (Å²) in [5.41, 5.74) is 1.70. The Labute approximate surface area is 180 Å². The van der Waals surface area contributed by atoms with Crippen LogP contribution in [0.5, 0.6) is 0 Å². The van der Waals surface area contributed by atoms with E-state index in [1.165, 1.54) is 6.07 Å². The Kier molecular flexibility index (Phi) is 7.57. The van der Waals surface area contributed by atoms with E-state index in [1.54, 1.807) is 42.5 Å². The lowest BCUT2D eigenvalue weighted by atomic mass is 10.0. The van der Waals surface area contributed by atoms with Crippen LogP contribution in [0, 0.1) is 5.82 Å². The van der Waals surface area contributed by atoms with E-state index < -0.39 is 6.04 Å². The van der Waals surface area contributed by atoms with Crippen molar-refractivity contribution >= 4 is 23.4 Å². The number of halogens is 2. The van der Waals surface area contributed by atoms with Crippen molar-refractivity contribution in [3.8, 4) is 0 Å². The molecule has 3 aromatic carbocycles. The van der Waals surface area contributed by atoms with Gasteiger partial charge in [0.1, 0.15) is 5.82 Å². The maximum Gasteiger partial charge on any atom is 0.253 e. The molecule has 0 bridgehead atoms. The van der Waals surface area contributed by atoms with Crippen molar-refractivity contribution in [2.24, 2.45) is 0 Å². The second-order valence-electron chi connectivity index (χ2n) is 6.81. The smallest absolute Gasteiger partial charge is 0.253 e. The van der Waals surface area contributed by atoms with Crippen molar-refractivity contribution in [2.75, 3.05) is 6.54 Å². The van der Waals surface area contributed by atoms with Crippen LogP contribution in [0.25, 0.3) is 0 Å². The Bertz CT molecular complexity index is 1010. The van der Waals surface area contributed by atoms with Crippen LogP contribution in [-0.4, -0.2) is 18.4 Å². The van der Waals surface area contributed by atoms with Gasteiger partial charge < -0.3 is 10.6 Å². The first-order valence-corrected chi connectivity index (χ1v) is 10.0. The van der Waals surface area contributed by atoms with E-state index in [-0.39, 0.29) is 24.1 Å². The van der Waals surface area contributed by atoms with Crippen LogP contribution < -0.4 is 10.6 Å². The molecular weight excluding hydrogens is 403 g/mol. The van der Waals surface area contributed by atoms with Crippen LogP contribution >= 0.6 is 11.6 Å². The molecular formula is C24H22ClFN2O2. The van der Waals surface area contributed by atoms with E-state index in [4.69, 9.17) is 11.6 Å². The second-order valence-corrected chi connectivity index (χ2v) is 7.22. The van der Waals surface area contributed by atoms with E-state index in [1.807, 2.05) is 30.3 Å². The fraction of sp³-hybridized carbons (Fsp3) is 0.167. The summed E-state index contributed by atoms with van der Waals surface area (Å²) in [4.78, 5) is 25.2. The highest BCUT2D eigenvalue weighted by Gasteiger charge is 2.20. The Hall–Kier alpha value is -3.18. The summed E-state index contributed by atoms with van der Waals surface area (Å²) >= 11 is 6.12. The van der Waals surface area contributed by atoms with E-state index in [2.05, 4.69) is 10.6 Å². The van der Waals surface area contributed by atoms with E-state index in [0.29, 0.717) is 29.1 Å². The Morgan fingerprint density at radius 2 is 1.57 bits per heavy atom. The minimum atomic E-state index is -0.525. The zero-order valence-corrected chi connectivity index (χ0v) is 17.0. The molecule has 1 unspecified atom stereocenters. The van der Waals surface area contributed by atoms with Crippen LogP contribution in [0.3, 0.4) is 0 Å². The lowest BCUT2D eigenvalue weighted by molar-refractivity contribution is -0.121. The normalized spacial score (nSPS) is 11.5. The molecule has 0 spiro atoms. The molecule has 6 heteroatoms. The van der Waals surface area contributed by atoms with Crippen LogP contribution in [0.4, 0.5) is 4.39 Å². The summed E-state index contributed by atoms with van der Waals surface area (Å²) in [5.74, 6) is -0.880. The average molecular weight is 425 g/mol. The lowest BCUT2D eigenvalue weighted by Crippen LogP contribution is -2.34. The van der Waals surface area contributed by atoms with Gasteiger partial charge in [-0.15, -0.1) is 0 Å². The van der Waals surface area contributed by atoms with Crippen molar-refractivity contribution in [3.05, 3.63) is 106 Å². The number of carbonyl (C=O) groups is 2. The molecule has 0 saturated carbocycles. The molecule has 1 atom stereocenters. The molecule has 0 aliphatic carbocycles. The minimum absolute atomic E-state index is 0.0531. The fourth-order valence-electron chi connectivity index (χ4n) is 3.11. The summed E-state index contributed by atoms with van der Waals surface area (Å²) in [6.07, 6.45) is 0.442. The number of amides is 2. The second kappa shape index (κ2) is 10.6. The van der Waals surface area contributed by atoms with Gasteiger partial charge in [0, 0.05) is 6.54 Å².